The Morgan fingerprint density at radius 1 is 0.821 bits per heavy atom. The van der Waals surface area contributed by atoms with E-state index in [1.165, 1.54) is 0 Å². The molecule has 0 saturated carbocycles. The summed E-state index contributed by atoms with van der Waals surface area (Å²) in [6.45, 7) is 3.80. The number of nitrogens with zero attached hydrogens (tertiary/aromatic N) is 1. The monoisotopic (exact) mass is 458 g/mol. The smallest absolute Gasteiger partial charge is 0.394 e. The van der Waals surface area contributed by atoms with Crippen LogP contribution in [0, 0.1) is 0 Å². The molecule has 0 atom stereocenters. The fourth-order valence-corrected chi connectivity index (χ4v) is 1.77. The minimum atomic E-state index is -4.67. The highest BCUT2D eigenvalue weighted by atomic mass is 35.5. The number of halogens is 2. The lowest BCUT2D eigenvalue weighted by atomic mass is 10.2. The number of aliphatic hydroxyl groups is 1. The zero-order valence-electron chi connectivity index (χ0n) is 15.3. The molecule has 2 rings (SSSR count). The van der Waals surface area contributed by atoms with Crippen molar-refractivity contribution in [3.63, 3.8) is 0 Å². The number of benzene rings is 2. The Morgan fingerprint density at radius 2 is 1.11 bits per heavy atom. The van der Waals surface area contributed by atoms with Gasteiger partial charge in [0.15, 0.2) is 0 Å². The second kappa shape index (κ2) is 16.0. The predicted octanol–water partition coefficient (Wildman–Crippen LogP) is 2.13. The summed E-state index contributed by atoms with van der Waals surface area (Å²) in [4.78, 5) is 2.10. The van der Waals surface area contributed by atoms with Gasteiger partial charge in [-0.15, -0.1) is 24.8 Å². The van der Waals surface area contributed by atoms with Crippen LogP contribution in [-0.2, 0) is 10.4 Å². The molecule has 0 bridgehead atoms. The fraction of sp³-hybridized carbons (Fsp3) is 0.250. The van der Waals surface area contributed by atoms with Crippen molar-refractivity contribution < 1.29 is 22.6 Å². The lowest BCUT2D eigenvalue weighted by molar-refractivity contribution is 0.302. The lowest BCUT2D eigenvalue weighted by Crippen LogP contribution is -2.25. The molecule has 0 amide bonds. The first-order valence-electron chi connectivity index (χ1n) is 7.59. The largest absolute Gasteiger partial charge is 0.399 e. The molecule has 0 aliphatic carbocycles. The molecule has 0 aliphatic heterocycles. The van der Waals surface area contributed by atoms with Crippen LogP contribution in [0.2, 0.25) is 0 Å². The third-order valence-electron chi connectivity index (χ3n) is 2.95. The first-order valence-corrected chi connectivity index (χ1v) is 8.98. The van der Waals surface area contributed by atoms with Crippen molar-refractivity contribution in [2.45, 2.75) is 6.92 Å². The number of hydrogen-bond acceptors (Lipinski definition) is 7. The number of anilines is 4. The van der Waals surface area contributed by atoms with E-state index in [4.69, 9.17) is 39.8 Å². The highest BCUT2D eigenvalue weighted by Gasteiger charge is 2.01. The Labute approximate surface area is 177 Å². The second-order valence-electron chi connectivity index (χ2n) is 5.01. The van der Waals surface area contributed by atoms with Crippen molar-refractivity contribution >= 4 is 58.0 Å². The minimum Gasteiger partial charge on any atom is -0.399 e. The minimum absolute atomic E-state index is 0. The summed E-state index contributed by atoms with van der Waals surface area (Å²) < 4.78 is 31.6. The molecule has 0 radical (unpaired) electrons. The van der Waals surface area contributed by atoms with Crippen molar-refractivity contribution in [1.82, 2.24) is 0 Å². The molecule has 2 aromatic rings. The SMILES string of the molecule is CCN(CCO)c1ccc(N)cc1.Cl.Cl.Nc1ccc(N)cc1.O=S(=O)(O)O. The first-order chi connectivity index (χ1) is 12.1. The van der Waals surface area contributed by atoms with Gasteiger partial charge in [0.25, 0.3) is 0 Å². The maximum absolute atomic E-state index is 8.82. The molecular formula is C16H28Cl2N4O5S. The van der Waals surface area contributed by atoms with Crippen molar-refractivity contribution in [1.29, 1.82) is 0 Å². The average Bonchev–Trinajstić information content (AvgIpc) is 2.55. The molecule has 0 aromatic heterocycles. The summed E-state index contributed by atoms with van der Waals surface area (Å²) in [6.07, 6.45) is 0. The quantitative estimate of drug-likeness (QED) is 0.295. The van der Waals surface area contributed by atoms with E-state index >= 15 is 0 Å². The Morgan fingerprint density at radius 3 is 1.36 bits per heavy atom. The molecule has 28 heavy (non-hydrogen) atoms. The molecule has 0 heterocycles. The molecule has 12 heteroatoms. The Balaban J connectivity index is -0.000000360. The van der Waals surface area contributed by atoms with Gasteiger partial charge in [0.1, 0.15) is 0 Å². The number of rotatable bonds is 4. The number of likely N-dealkylation sites (N-methyl/N-ethyl adjacent to an activating group) is 1. The van der Waals surface area contributed by atoms with Crippen LogP contribution in [0.3, 0.4) is 0 Å². The number of nitrogens with two attached hydrogens (primary N) is 3. The average molecular weight is 459 g/mol. The van der Waals surface area contributed by atoms with Gasteiger partial charge in [0, 0.05) is 35.8 Å². The summed E-state index contributed by atoms with van der Waals surface area (Å²) in [5.74, 6) is 0. The van der Waals surface area contributed by atoms with Gasteiger partial charge in [-0.3, -0.25) is 9.11 Å². The highest BCUT2D eigenvalue weighted by Crippen LogP contribution is 2.15. The zero-order valence-corrected chi connectivity index (χ0v) is 17.8. The molecule has 0 unspecified atom stereocenters. The Kier molecular flexibility index (Phi) is 17.6. The molecule has 0 fully saturated rings. The zero-order chi connectivity index (χ0) is 20.2. The molecule has 0 spiro atoms. The van der Waals surface area contributed by atoms with Gasteiger partial charge in [-0.1, -0.05) is 0 Å². The van der Waals surface area contributed by atoms with Gasteiger partial charge in [-0.05, 0) is 55.5 Å². The normalized spacial score (nSPS) is 9.29. The highest BCUT2D eigenvalue weighted by molar-refractivity contribution is 7.79. The van der Waals surface area contributed by atoms with Crippen molar-refractivity contribution in [3.8, 4) is 0 Å². The third-order valence-corrected chi connectivity index (χ3v) is 2.95. The van der Waals surface area contributed by atoms with E-state index in [-0.39, 0.29) is 31.4 Å². The molecule has 162 valence electrons. The van der Waals surface area contributed by atoms with E-state index in [2.05, 4.69) is 11.8 Å². The maximum atomic E-state index is 8.82. The number of hydrogen-bond donors (Lipinski definition) is 6. The summed E-state index contributed by atoms with van der Waals surface area (Å²) in [5, 5.41) is 8.82. The van der Waals surface area contributed by atoms with E-state index < -0.39 is 10.4 Å². The number of nitrogen functional groups attached to an aromatic ring is 3. The Bertz CT molecular complexity index is 703. The summed E-state index contributed by atoms with van der Waals surface area (Å²) in [7, 11) is -4.67. The maximum Gasteiger partial charge on any atom is 0.394 e. The van der Waals surface area contributed by atoms with Gasteiger partial charge < -0.3 is 27.2 Å². The first kappa shape index (κ1) is 30.8. The summed E-state index contributed by atoms with van der Waals surface area (Å²) in [6, 6.07) is 14.8. The van der Waals surface area contributed by atoms with Crippen LogP contribution in [0.5, 0.6) is 0 Å². The van der Waals surface area contributed by atoms with Gasteiger partial charge >= 0.3 is 10.4 Å². The van der Waals surface area contributed by atoms with Crippen LogP contribution in [0.4, 0.5) is 22.7 Å². The molecule has 9 nitrogen and oxygen atoms in total. The second-order valence-corrected chi connectivity index (χ2v) is 5.90. The molecular weight excluding hydrogens is 431 g/mol. The van der Waals surface area contributed by atoms with E-state index in [1.807, 2.05) is 24.3 Å². The summed E-state index contributed by atoms with van der Waals surface area (Å²) >= 11 is 0. The Hall–Kier alpha value is -1.95. The standard InChI is InChI=1S/C10H16N2O.C6H8N2.2ClH.H2O4S/c1-2-12(7-8-13)10-5-3-9(11)4-6-10;7-5-1-2-6(8)4-3-5;;;1-5(2,3)4/h3-6,13H,2,7-8,11H2,1H3;1-4H,7-8H2;2*1H;(H2,1,2,3,4). The topological polar surface area (TPSA) is 176 Å². The van der Waals surface area contributed by atoms with Crippen molar-refractivity contribution in [3.05, 3.63) is 48.5 Å². The van der Waals surface area contributed by atoms with Crippen molar-refractivity contribution in [2.24, 2.45) is 0 Å². The lowest BCUT2D eigenvalue weighted by Gasteiger charge is -2.21. The molecule has 0 aliphatic rings. The summed E-state index contributed by atoms with van der Waals surface area (Å²) in [5.41, 5.74) is 19.7. The van der Waals surface area contributed by atoms with E-state index in [0.717, 1.165) is 29.3 Å². The predicted molar refractivity (Wildman–Crippen MR) is 120 cm³/mol. The van der Waals surface area contributed by atoms with Crippen LogP contribution in [0.1, 0.15) is 6.92 Å². The molecule has 2 aromatic carbocycles. The van der Waals surface area contributed by atoms with Crippen molar-refractivity contribution in [2.75, 3.05) is 41.8 Å². The van der Waals surface area contributed by atoms with Gasteiger partial charge in [-0.25, -0.2) is 0 Å². The van der Waals surface area contributed by atoms with Crippen LogP contribution < -0.4 is 22.1 Å². The van der Waals surface area contributed by atoms with E-state index in [9.17, 15) is 0 Å². The molecule has 0 saturated heterocycles. The number of aliphatic hydroxyl groups excluding tert-OH is 1. The van der Waals surface area contributed by atoms with Crippen LogP contribution >= 0.6 is 24.8 Å². The van der Waals surface area contributed by atoms with E-state index in [0.29, 0.717) is 6.54 Å². The van der Waals surface area contributed by atoms with Gasteiger partial charge in [-0.2, -0.15) is 8.42 Å². The molecule has 9 N–H and O–H groups in total. The van der Waals surface area contributed by atoms with Crippen LogP contribution in [-0.4, -0.2) is 42.3 Å². The van der Waals surface area contributed by atoms with Gasteiger partial charge in [0.05, 0.1) is 6.61 Å². The fourth-order valence-electron chi connectivity index (χ4n) is 1.77. The van der Waals surface area contributed by atoms with Crippen LogP contribution in [0.15, 0.2) is 48.5 Å². The van der Waals surface area contributed by atoms with E-state index in [1.54, 1.807) is 24.3 Å². The third kappa shape index (κ3) is 17.5. The van der Waals surface area contributed by atoms with Gasteiger partial charge in [0.2, 0.25) is 0 Å². The van der Waals surface area contributed by atoms with Crippen LogP contribution in [0.25, 0.3) is 0 Å².